The molecule has 3 heterocycles. The normalized spacial score (nSPS) is 18.2. The van der Waals surface area contributed by atoms with Crippen LogP contribution in [0.3, 0.4) is 0 Å². The minimum absolute atomic E-state index is 0.129. The number of benzene rings is 1. The first kappa shape index (κ1) is 23.5. The number of halogens is 1. The molecule has 178 valence electrons. The van der Waals surface area contributed by atoms with Gasteiger partial charge in [0, 0.05) is 47.5 Å². The van der Waals surface area contributed by atoms with Crippen molar-refractivity contribution in [1.29, 1.82) is 0 Å². The predicted molar refractivity (Wildman–Crippen MR) is 127 cm³/mol. The van der Waals surface area contributed by atoms with Gasteiger partial charge in [-0.25, -0.2) is 4.79 Å². The maximum absolute atomic E-state index is 12.7. The molecule has 4 rings (SSSR count). The largest absolute Gasteiger partial charge is 0.495 e. The van der Waals surface area contributed by atoms with Crippen molar-refractivity contribution in [2.24, 2.45) is 0 Å². The molecule has 1 fully saturated rings. The van der Waals surface area contributed by atoms with Crippen LogP contribution in [0.1, 0.15) is 18.0 Å². The fraction of sp³-hybridized carbons (Fsp3) is 0.304. The SMILES string of the molecule is COc1ccc([C@@H]2CN(CC(=O)Nc3ccon3)CC[C@H]2NC(=O)Nc2ccc(Cl)cc2)nc1. The Labute approximate surface area is 201 Å². The van der Waals surface area contributed by atoms with E-state index in [0.717, 1.165) is 5.69 Å². The van der Waals surface area contributed by atoms with Crippen LogP contribution in [0.15, 0.2) is 59.4 Å². The third-order valence-electron chi connectivity index (χ3n) is 5.56. The van der Waals surface area contributed by atoms with Crippen LogP contribution < -0.4 is 20.7 Å². The van der Waals surface area contributed by atoms with Crippen molar-refractivity contribution in [3.05, 3.63) is 65.6 Å². The van der Waals surface area contributed by atoms with Crippen LogP contribution in [0.25, 0.3) is 0 Å². The van der Waals surface area contributed by atoms with Crippen LogP contribution >= 0.6 is 11.6 Å². The number of nitrogens with one attached hydrogen (secondary N) is 3. The molecule has 10 nitrogen and oxygen atoms in total. The lowest BCUT2D eigenvalue weighted by molar-refractivity contribution is -0.117. The number of urea groups is 1. The summed E-state index contributed by atoms with van der Waals surface area (Å²) in [6, 6.07) is 11.7. The van der Waals surface area contributed by atoms with Crippen molar-refractivity contribution in [2.45, 2.75) is 18.4 Å². The van der Waals surface area contributed by atoms with E-state index in [1.54, 1.807) is 43.6 Å². The maximum atomic E-state index is 12.7. The molecule has 0 radical (unpaired) electrons. The molecule has 11 heteroatoms. The highest BCUT2D eigenvalue weighted by Gasteiger charge is 2.33. The van der Waals surface area contributed by atoms with E-state index < -0.39 is 0 Å². The number of carbonyl (C=O) groups is 2. The van der Waals surface area contributed by atoms with Gasteiger partial charge in [-0.3, -0.25) is 14.7 Å². The smallest absolute Gasteiger partial charge is 0.319 e. The fourth-order valence-corrected chi connectivity index (χ4v) is 4.02. The Balaban J connectivity index is 1.43. The molecule has 1 saturated heterocycles. The summed E-state index contributed by atoms with van der Waals surface area (Å²) in [5.74, 6) is 0.694. The molecule has 0 aliphatic carbocycles. The van der Waals surface area contributed by atoms with Crippen molar-refractivity contribution in [3.63, 3.8) is 0 Å². The zero-order chi connectivity index (χ0) is 23.9. The molecule has 2 aromatic heterocycles. The van der Waals surface area contributed by atoms with Gasteiger partial charge in [-0.05, 0) is 42.8 Å². The summed E-state index contributed by atoms with van der Waals surface area (Å²) in [6.45, 7) is 1.35. The highest BCUT2D eigenvalue weighted by atomic mass is 35.5. The summed E-state index contributed by atoms with van der Waals surface area (Å²) in [5, 5.41) is 12.9. The molecule has 1 aromatic carbocycles. The lowest BCUT2D eigenvalue weighted by atomic mass is 9.88. The van der Waals surface area contributed by atoms with Crippen molar-refractivity contribution >= 4 is 35.0 Å². The first-order valence-electron chi connectivity index (χ1n) is 10.8. The monoisotopic (exact) mass is 484 g/mol. The number of hydrogen-bond acceptors (Lipinski definition) is 7. The summed E-state index contributed by atoms with van der Waals surface area (Å²) >= 11 is 5.92. The predicted octanol–water partition coefficient (Wildman–Crippen LogP) is 3.35. The van der Waals surface area contributed by atoms with Crippen molar-refractivity contribution in [1.82, 2.24) is 20.4 Å². The number of nitrogens with zero attached hydrogens (tertiary/aromatic N) is 3. The van der Waals surface area contributed by atoms with Crippen LogP contribution in [-0.4, -0.2) is 59.8 Å². The third-order valence-corrected chi connectivity index (χ3v) is 5.81. The van der Waals surface area contributed by atoms with Gasteiger partial charge in [0.05, 0.1) is 19.9 Å². The molecule has 3 amide bonds. The second kappa shape index (κ2) is 11.0. The van der Waals surface area contributed by atoms with Crippen LogP contribution in [0.5, 0.6) is 5.75 Å². The Hall–Kier alpha value is -3.63. The number of rotatable bonds is 7. The maximum Gasteiger partial charge on any atom is 0.319 e. The summed E-state index contributed by atoms with van der Waals surface area (Å²) in [5.41, 5.74) is 1.45. The second-order valence-corrected chi connectivity index (χ2v) is 8.33. The fourth-order valence-electron chi connectivity index (χ4n) is 3.90. The van der Waals surface area contributed by atoms with Crippen LogP contribution in [0, 0.1) is 0 Å². The van der Waals surface area contributed by atoms with Gasteiger partial charge in [0.25, 0.3) is 0 Å². The van der Waals surface area contributed by atoms with E-state index in [4.69, 9.17) is 20.9 Å². The first-order chi connectivity index (χ1) is 16.5. The van der Waals surface area contributed by atoms with Crippen molar-refractivity contribution < 1.29 is 18.8 Å². The van der Waals surface area contributed by atoms with Crippen molar-refractivity contribution in [3.8, 4) is 5.75 Å². The van der Waals surface area contributed by atoms with E-state index in [0.29, 0.717) is 41.8 Å². The van der Waals surface area contributed by atoms with Gasteiger partial charge in [-0.1, -0.05) is 16.8 Å². The Morgan fingerprint density at radius 3 is 2.68 bits per heavy atom. The molecule has 34 heavy (non-hydrogen) atoms. The molecule has 3 aromatic rings. The van der Waals surface area contributed by atoms with E-state index >= 15 is 0 Å². The second-order valence-electron chi connectivity index (χ2n) is 7.90. The molecule has 0 unspecified atom stereocenters. The van der Waals surface area contributed by atoms with Gasteiger partial charge < -0.3 is 25.2 Å². The molecule has 0 saturated carbocycles. The number of aromatic nitrogens is 2. The Bertz CT molecular complexity index is 1090. The Morgan fingerprint density at radius 1 is 1.18 bits per heavy atom. The van der Waals surface area contributed by atoms with E-state index in [1.807, 2.05) is 17.0 Å². The minimum Gasteiger partial charge on any atom is -0.495 e. The van der Waals surface area contributed by atoms with E-state index in [9.17, 15) is 9.59 Å². The van der Waals surface area contributed by atoms with E-state index in [2.05, 4.69) is 26.1 Å². The number of likely N-dealkylation sites (tertiary alicyclic amines) is 1. The van der Waals surface area contributed by atoms with Crippen LogP contribution in [0.4, 0.5) is 16.3 Å². The van der Waals surface area contributed by atoms with Gasteiger partial charge in [-0.15, -0.1) is 0 Å². The van der Waals surface area contributed by atoms with Gasteiger partial charge in [-0.2, -0.15) is 0 Å². The molecular formula is C23H25ClN6O4. The highest BCUT2D eigenvalue weighted by Crippen LogP contribution is 2.27. The number of hydrogen-bond donors (Lipinski definition) is 3. The van der Waals surface area contributed by atoms with Crippen LogP contribution in [-0.2, 0) is 4.79 Å². The number of anilines is 2. The number of piperidine rings is 1. The first-order valence-corrected chi connectivity index (χ1v) is 11.1. The lowest BCUT2D eigenvalue weighted by Gasteiger charge is -2.38. The highest BCUT2D eigenvalue weighted by molar-refractivity contribution is 6.30. The average Bonchev–Trinajstić information content (AvgIpc) is 3.34. The van der Waals surface area contributed by atoms with E-state index in [1.165, 1.54) is 6.26 Å². The standard InChI is InChI=1S/C23H25ClN6O4/c1-33-17-6-7-19(25-12-17)18-13-30(14-22(31)28-21-9-11-34-29-21)10-8-20(18)27-23(32)26-16-4-2-15(24)3-5-16/h2-7,9,11-12,18,20H,8,10,13-14H2,1H3,(H2,26,27,32)(H,28,29,31)/t18-,20+/m0/s1. The lowest BCUT2D eigenvalue weighted by Crippen LogP contribution is -2.52. The van der Waals surface area contributed by atoms with Crippen LogP contribution in [0.2, 0.25) is 5.02 Å². The van der Waals surface area contributed by atoms with E-state index in [-0.39, 0.29) is 30.4 Å². The zero-order valence-corrected chi connectivity index (χ0v) is 19.3. The summed E-state index contributed by atoms with van der Waals surface area (Å²) in [6.07, 6.45) is 3.69. The molecule has 0 spiro atoms. The van der Waals surface area contributed by atoms with Crippen molar-refractivity contribution in [2.75, 3.05) is 37.4 Å². The van der Waals surface area contributed by atoms with Gasteiger partial charge in [0.1, 0.15) is 12.0 Å². The Kier molecular flexibility index (Phi) is 7.61. The summed E-state index contributed by atoms with van der Waals surface area (Å²) in [4.78, 5) is 31.7. The van der Waals surface area contributed by atoms with Gasteiger partial charge in [0.2, 0.25) is 5.91 Å². The molecule has 2 atom stereocenters. The van der Waals surface area contributed by atoms with Gasteiger partial charge in [0.15, 0.2) is 5.82 Å². The third kappa shape index (κ3) is 6.24. The number of pyridine rings is 1. The average molecular weight is 485 g/mol. The minimum atomic E-state index is -0.317. The Morgan fingerprint density at radius 2 is 2.00 bits per heavy atom. The number of carbonyl (C=O) groups excluding carboxylic acids is 2. The number of ether oxygens (including phenoxy) is 1. The summed E-state index contributed by atoms with van der Waals surface area (Å²) in [7, 11) is 1.58. The number of methoxy groups -OCH3 is 1. The summed E-state index contributed by atoms with van der Waals surface area (Å²) < 4.78 is 9.97. The molecule has 1 aliphatic rings. The molecular weight excluding hydrogens is 460 g/mol. The zero-order valence-electron chi connectivity index (χ0n) is 18.5. The molecule has 3 N–H and O–H groups in total. The quantitative estimate of drug-likeness (QED) is 0.470. The van der Waals surface area contributed by atoms with Gasteiger partial charge >= 0.3 is 6.03 Å². The molecule has 0 bridgehead atoms. The topological polar surface area (TPSA) is 122 Å². The number of amides is 3. The molecule has 1 aliphatic heterocycles.